The standard InChI is InChI=1S/C12H13F2NO2/c13-8-2-1-7(11(14)4-8)3-12(17)15-9-5-10(16)6-9/h1-2,4,9-10,16H,3,5-6H2,(H,15,17). The number of aliphatic hydroxyl groups excluding tert-OH is 1. The second-order valence-corrected chi connectivity index (χ2v) is 4.30. The highest BCUT2D eigenvalue weighted by molar-refractivity contribution is 5.79. The van der Waals surface area contributed by atoms with Crippen molar-refractivity contribution in [2.75, 3.05) is 0 Å². The third kappa shape index (κ3) is 3.00. The van der Waals surface area contributed by atoms with Gasteiger partial charge in [0.25, 0.3) is 0 Å². The summed E-state index contributed by atoms with van der Waals surface area (Å²) >= 11 is 0. The molecule has 0 saturated heterocycles. The van der Waals surface area contributed by atoms with Crippen LogP contribution in [0.4, 0.5) is 8.78 Å². The third-order valence-corrected chi connectivity index (χ3v) is 2.84. The van der Waals surface area contributed by atoms with Gasteiger partial charge in [0.1, 0.15) is 11.6 Å². The Morgan fingerprint density at radius 3 is 2.71 bits per heavy atom. The zero-order chi connectivity index (χ0) is 12.4. The number of nitrogens with one attached hydrogen (secondary N) is 1. The van der Waals surface area contributed by atoms with E-state index >= 15 is 0 Å². The molecule has 2 rings (SSSR count). The first-order valence-electron chi connectivity index (χ1n) is 5.46. The maximum atomic E-state index is 13.2. The molecule has 1 aliphatic carbocycles. The quantitative estimate of drug-likeness (QED) is 0.834. The summed E-state index contributed by atoms with van der Waals surface area (Å²) in [6.45, 7) is 0. The minimum atomic E-state index is -0.714. The number of carbonyl (C=O) groups excluding carboxylic acids is 1. The summed E-state index contributed by atoms with van der Waals surface area (Å²) in [6.07, 6.45) is 0.622. The molecule has 0 bridgehead atoms. The lowest BCUT2D eigenvalue weighted by molar-refractivity contribution is -0.122. The Morgan fingerprint density at radius 2 is 2.12 bits per heavy atom. The number of hydrogen-bond acceptors (Lipinski definition) is 2. The number of halogens is 2. The molecular weight excluding hydrogens is 228 g/mol. The Balaban J connectivity index is 1.89. The molecular formula is C12H13F2NO2. The van der Waals surface area contributed by atoms with Crippen molar-refractivity contribution in [2.45, 2.75) is 31.4 Å². The summed E-state index contributed by atoms with van der Waals surface area (Å²) in [7, 11) is 0. The van der Waals surface area contributed by atoms with Crippen LogP contribution in [0, 0.1) is 11.6 Å². The van der Waals surface area contributed by atoms with Gasteiger partial charge in [0.2, 0.25) is 5.91 Å². The molecule has 5 heteroatoms. The maximum Gasteiger partial charge on any atom is 0.224 e. The van der Waals surface area contributed by atoms with Crippen molar-refractivity contribution in [2.24, 2.45) is 0 Å². The first-order chi connectivity index (χ1) is 8.04. The Labute approximate surface area is 97.5 Å². The van der Waals surface area contributed by atoms with Gasteiger partial charge in [-0.05, 0) is 24.5 Å². The van der Waals surface area contributed by atoms with Crippen molar-refractivity contribution < 1.29 is 18.7 Å². The zero-order valence-electron chi connectivity index (χ0n) is 9.12. The highest BCUT2D eigenvalue weighted by Crippen LogP contribution is 2.19. The molecule has 0 heterocycles. The summed E-state index contributed by atoms with van der Waals surface area (Å²) < 4.78 is 25.9. The van der Waals surface area contributed by atoms with E-state index < -0.39 is 11.6 Å². The highest BCUT2D eigenvalue weighted by Gasteiger charge is 2.28. The molecule has 0 unspecified atom stereocenters. The average molecular weight is 241 g/mol. The van der Waals surface area contributed by atoms with E-state index in [1.807, 2.05) is 0 Å². The van der Waals surface area contributed by atoms with Crippen molar-refractivity contribution in [3.05, 3.63) is 35.4 Å². The van der Waals surface area contributed by atoms with Gasteiger partial charge in [-0.1, -0.05) is 6.07 Å². The van der Waals surface area contributed by atoms with Crippen molar-refractivity contribution in [3.8, 4) is 0 Å². The zero-order valence-corrected chi connectivity index (χ0v) is 9.12. The topological polar surface area (TPSA) is 49.3 Å². The number of hydrogen-bond donors (Lipinski definition) is 2. The fourth-order valence-corrected chi connectivity index (χ4v) is 1.82. The largest absolute Gasteiger partial charge is 0.393 e. The molecule has 1 amide bonds. The van der Waals surface area contributed by atoms with Crippen LogP contribution in [0.25, 0.3) is 0 Å². The van der Waals surface area contributed by atoms with Gasteiger partial charge >= 0.3 is 0 Å². The van der Waals surface area contributed by atoms with Crippen LogP contribution in [0.3, 0.4) is 0 Å². The first-order valence-corrected chi connectivity index (χ1v) is 5.46. The average Bonchev–Trinajstić information content (AvgIpc) is 2.20. The molecule has 92 valence electrons. The molecule has 2 N–H and O–H groups in total. The number of rotatable bonds is 3. The van der Waals surface area contributed by atoms with Crippen LogP contribution >= 0.6 is 0 Å². The Hall–Kier alpha value is -1.49. The van der Waals surface area contributed by atoms with Crippen molar-refractivity contribution in [3.63, 3.8) is 0 Å². The third-order valence-electron chi connectivity index (χ3n) is 2.84. The van der Waals surface area contributed by atoms with Gasteiger partial charge in [-0.3, -0.25) is 4.79 Å². The van der Waals surface area contributed by atoms with Crippen LogP contribution in [0.15, 0.2) is 18.2 Å². The first kappa shape index (κ1) is 12.0. The summed E-state index contributed by atoms with van der Waals surface area (Å²) in [6, 6.07) is 3.12. The summed E-state index contributed by atoms with van der Waals surface area (Å²) in [4.78, 5) is 11.5. The lowest BCUT2D eigenvalue weighted by atomic mass is 9.89. The monoisotopic (exact) mass is 241 g/mol. The molecule has 3 nitrogen and oxygen atoms in total. The molecule has 1 aromatic rings. The van der Waals surface area contributed by atoms with E-state index in [9.17, 15) is 13.6 Å². The lowest BCUT2D eigenvalue weighted by Gasteiger charge is -2.31. The summed E-state index contributed by atoms with van der Waals surface area (Å²) in [5.41, 5.74) is 0.170. The fourth-order valence-electron chi connectivity index (χ4n) is 1.82. The van der Waals surface area contributed by atoms with Crippen molar-refractivity contribution >= 4 is 5.91 Å². The van der Waals surface area contributed by atoms with E-state index in [4.69, 9.17) is 5.11 Å². The minimum Gasteiger partial charge on any atom is -0.393 e. The van der Waals surface area contributed by atoms with E-state index in [-0.39, 0.29) is 30.0 Å². The molecule has 0 aromatic heterocycles. The van der Waals surface area contributed by atoms with Crippen LogP contribution < -0.4 is 5.32 Å². The maximum absolute atomic E-state index is 13.2. The molecule has 17 heavy (non-hydrogen) atoms. The molecule has 0 atom stereocenters. The Kier molecular flexibility index (Phi) is 3.38. The number of amides is 1. The molecule has 0 spiro atoms. The second kappa shape index (κ2) is 4.79. The number of aliphatic hydroxyl groups is 1. The van der Waals surface area contributed by atoms with Gasteiger partial charge in [0.15, 0.2) is 0 Å². The smallest absolute Gasteiger partial charge is 0.224 e. The molecule has 1 fully saturated rings. The SMILES string of the molecule is O=C(Cc1ccc(F)cc1F)NC1CC(O)C1. The van der Waals surface area contributed by atoms with Gasteiger partial charge in [0.05, 0.1) is 12.5 Å². The van der Waals surface area contributed by atoms with Gasteiger partial charge in [0, 0.05) is 12.1 Å². The molecule has 1 aromatic carbocycles. The lowest BCUT2D eigenvalue weighted by Crippen LogP contribution is -2.47. The normalized spacial score (nSPS) is 23.0. The molecule has 1 saturated carbocycles. The predicted molar refractivity (Wildman–Crippen MR) is 57.2 cm³/mol. The predicted octanol–water partition coefficient (Wildman–Crippen LogP) is 1.15. The molecule has 0 radical (unpaired) electrons. The van der Waals surface area contributed by atoms with E-state index in [2.05, 4.69) is 5.32 Å². The van der Waals surface area contributed by atoms with Crippen LogP contribution in [-0.2, 0) is 11.2 Å². The molecule has 0 aliphatic heterocycles. The van der Waals surface area contributed by atoms with Crippen LogP contribution in [0.2, 0.25) is 0 Å². The number of carbonyl (C=O) groups is 1. The van der Waals surface area contributed by atoms with Gasteiger partial charge in [-0.15, -0.1) is 0 Å². The van der Waals surface area contributed by atoms with Gasteiger partial charge in [-0.25, -0.2) is 8.78 Å². The number of benzene rings is 1. The minimum absolute atomic E-state index is 0.0268. The Bertz CT molecular complexity index is 431. The van der Waals surface area contributed by atoms with Crippen LogP contribution in [-0.4, -0.2) is 23.2 Å². The van der Waals surface area contributed by atoms with E-state index in [0.717, 1.165) is 12.1 Å². The van der Waals surface area contributed by atoms with E-state index in [0.29, 0.717) is 12.8 Å². The Morgan fingerprint density at radius 1 is 1.41 bits per heavy atom. The van der Waals surface area contributed by atoms with E-state index in [1.165, 1.54) is 6.07 Å². The highest BCUT2D eigenvalue weighted by atomic mass is 19.1. The van der Waals surface area contributed by atoms with Crippen LogP contribution in [0.5, 0.6) is 0 Å². The van der Waals surface area contributed by atoms with Gasteiger partial charge in [-0.2, -0.15) is 0 Å². The van der Waals surface area contributed by atoms with Crippen molar-refractivity contribution in [1.82, 2.24) is 5.32 Å². The molecule has 1 aliphatic rings. The van der Waals surface area contributed by atoms with E-state index in [1.54, 1.807) is 0 Å². The summed E-state index contributed by atoms with van der Waals surface area (Å²) in [5.74, 6) is -1.69. The van der Waals surface area contributed by atoms with Crippen LogP contribution in [0.1, 0.15) is 18.4 Å². The second-order valence-electron chi connectivity index (χ2n) is 4.30. The fraction of sp³-hybridized carbons (Fsp3) is 0.417. The summed E-state index contributed by atoms with van der Waals surface area (Å²) in [5, 5.41) is 11.7. The van der Waals surface area contributed by atoms with Crippen molar-refractivity contribution in [1.29, 1.82) is 0 Å². The van der Waals surface area contributed by atoms with Gasteiger partial charge < -0.3 is 10.4 Å².